The Kier molecular flexibility index (Phi) is 5.64. The Balaban J connectivity index is 2.95. The zero-order valence-electron chi connectivity index (χ0n) is 12.1. The van der Waals surface area contributed by atoms with Crippen molar-refractivity contribution in [1.82, 2.24) is 10.2 Å². The number of rotatable bonds is 6. The van der Waals surface area contributed by atoms with E-state index in [0.29, 0.717) is 12.0 Å². The van der Waals surface area contributed by atoms with Crippen LogP contribution in [-0.2, 0) is 19.1 Å². The van der Waals surface area contributed by atoms with Crippen LogP contribution in [0.4, 0.5) is 0 Å². The normalized spacial score (nSPS) is 23.1. The zero-order valence-corrected chi connectivity index (χ0v) is 13.6. The first-order valence-corrected chi connectivity index (χ1v) is 7.23. The van der Waals surface area contributed by atoms with Gasteiger partial charge in [0.15, 0.2) is 6.04 Å². The second-order valence-corrected chi connectivity index (χ2v) is 6.32. The molecule has 0 aromatic heterocycles. The van der Waals surface area contributed by atoms with E-state index in [2.05, 4.69) is 11.9 Å². The molecule has 0 aromatic rings. The van der Waals surface area contributed by atoms with Crippen LogP contribution in [0.3, 0.4) is 0 Å². The highest BCUT2D eigenvalue weighted by Crippen LogP contribution is 2.30. The molecular formula is C13H18Cl2N2O4. The maximum absolute atomic E-state index is 12.3. The molecular weight excluding hydrogens is 319 g/mol. The number of likely N-dealkylation sites (tertiary alicyclic amines) is 1. The van der Waals surface area contributed by atoms with Crippen LogP contribution < -0.4 is 5.32 Å². The van der Waals surface area contributed by atoms with Crippen molar-refractivity contribution in [3.05, 3.63) is 12.2 Å². The van der Waals surface area contributed by atoms with Gasteiger partial charge in [-0.3, -0.25) is 9.59 Å². The van der Waals surface area contributed by atoms with E-state index in [0.717, 1.165) is 4.90 Å². The third-order valence-corrected chi connectivity index (χ3v) is 3.58. The minimum absolute atomic E-state index is 0.0247. The van der Waals surface area contributed by atoms with Crippen molar-refractivity contribution >= 4 is 41.5 Å². The standard InChI is InChI=1S/C13H18Cl2N2O4/c1-7(5-14)9(12(20)21-13(2,3)4)17-10(15)8(11(17)19)16-6-18/h6,8-10H,1,5H2,2-4H3,(H,16,18). The lowest BCUT2D eigenvalue weighted by Crippen LogP contribution is -2.71. The highest BCUT2D eigenvalue weighted by Gasteiger charge is 2.52. The number of β-lactam (4-membered cyclic amide) rings is 1. The van der Waals surface area contributed by atoms with E-state index in [4.69, 9.17) is 27.9 Å². The van der Waals surface area contributed by atoms with Crippen LogP contribution in [0, 0.1) is 0 Å². The molecule has 0 bridgehead atoms. The minimum atomic E-state index is -1.07. The molecule has 2 amide bonds. The van der Waals surface area contributed by atoms with Crippen LogP contribution in [0.1, 0.15) is 20.8 Å². The van der Waals surface area contributed by atoms with E-state index in [1.54, 1.807) is 20.8 Å². The predicted octanol–water partition coefficient (Wildman–Crippen LogP) is 1.01. The lowest BCUT2D eigenvalue weighted by molar-refractivity contribution is -0.169. The summed E-state index contributed by atoms with van der Waals surface area (Å²) in [5.74, 6) is -1.16. The number of ether oxygens (including phenoxy) is 1. The van der Waals surface area contributed by atoms with Crippen LogP contribution in [0.25, 0.3) is 0 Å². The molecule has 1 rings (SSSR count). The lowest BCUT2D eigenvalue weighted by atomic mass is 9.99. The van der Waals surface area contributed by atoms with Gasteiger partial charge >= 0.3 is 5.97 Å². The largest absolute Gasteiger partial charge is 0.458 e. The van der Waals surface area contributed by atoms with Gasteiger partial charge < -0.3 is 15.0 Å². The Labute approximate surface area is 133 Å². The van der Waals surface area contributed by atoms with Gasteiger partial charge in [0.25, 0.3) is 5.91 Å². The summed E-state index contributed by atoms with van der Waals surface area (Å²) in [6.45, 7) is 8.81. The van der Waals surface area contributed by atoms with E-state index in [-0.39, 0.29) is 5.88 Å². The summed E-state index contributed by atoms with van der Waals surface area (Å²) in [6.07, 6.45) is 0.383. The number of hydrogen-bond donors (Lipinski definition) is 1. The number of nitrogens with zero attached hydrogens (tertiary/aromatic N) is 1. The number of halogens is 2. The number of carbonyl (C=O) groups is 3. The molecule has 1 aliphatic rings. The molecule has 8 heteroatoms. The molecule has 3 unspecified atom stereocenters. The molecule has 1 saturated heterocycles. The Morgan fingerprint density at radius 3 is 2.52 bits per heavy atom. The lowest BCUT2D eigenvalue weighted by Gasteiger charge is -2.47. The van der Waals surface area contributed by atoms with E-state index in [9.17, 15) is 14.4 Å². The summed E-state index contributed by atoms with van der Waals surface area (Å²) in [6, 6.07) is -1.93. The fourth-order valence-corrected chi connectivity index (χ4v) is 2.42. The molecule has 0 spiro atoms. The number of nitrogens with one attached hydrogen (secondary N) is 1. The number of hydrogen-bond acceptors (Lipinski definition) is 4. The number of carbonyl (C=O) groups excluding carboxylic acids is 3. The first kappa shape index (κ1) is 17.8. The van der Waals surface area contributed by atoms with E-state index in [1.165, 1.54) is 0 Å². The number of esters is 1. The van der Waals surface area contributed by atoms with E-state index < -0.39 is 35.1 Å². The summed E-state index contributed by atoms with van der Waals surface area (Å²) in [5, 5.41) is 2.29. The quantitative estimate of drug-likeness (QED) is 0.196. The van der Waals surface area contributed by atoms with Crippen molar-refractivity contribution in [3.63, 3.8) is 0 Å². The van der Waals surface area contributed by atoms with Crippen molar-refractivity contribution in [1.29, 1.82) is 0 Å². The van der Waals surface area contributed by atoms with Gasteiger partial charge in [0.05, 0.1) is 0 Å². The Morgan fingerprint density at radius 1 is 1.57 bits per heavy atom. The van der Waals surface area contributed by atoms with Gasteiger partial charge in [0.1, 0.15) is 17.1 Å². The third kappa shape index (κ3) is 3.89. The summed E-state index contributed by atoms with van der Waals surface area (Å²) >= 11 is 11.8. The molecule has 6 nitrogen and oxygen atoms in total. The monoisotopic (exact) mass is 336 g/mol. The molecule has 0 radical (unpaired) electrons. The van der Waals surface area contributed by atoms with Gasteiger partial charge in [-0.2, -0.15) is 0 Å². The van der Waals surface area contributed by atoms with E-state index in [1.807, 2.05) is 0 Å². The fourth-order valence-electron chi connectivity index (χ4n) is 1.88. The zero-order chi connectivity index (χ0) is 16.4. The summed E-state index contributed by atoms with van der Waals surface area (Å²) in [7, 11) is 0. The first-order valence-electron chi connectivity index (χ1n) is 6.26. The second-order valence-electron chi connectivity index (χ2n) is 5.61. The highest BCUT2D eigenvalue weighted by atomic mass is 35.5. The Morgan fingerprint density at radius 2 is 2.14 bits per heavy atom. The molecule has 1 N–H and O–H groups in total. The van der Waals surface area contributed by atoms with Crippen LogP contribution in [0.15, 0.2) is 12.2 Å². The molecule has 3 atom stereocenters. The molecule has 1 aliphatic heterocycles. The molecule has 0 saturated carbocycles. The van der Waals surface area contributed by atoms with Gasteiger partial charge in [0.2, 0.25) is 6.41 Å². The average molecular weight is 337 g/mol. The molecule has 21 heavy (non-hydrogen) atoms. The van der Waals surface area contributed by atoms with Crippen LogP contribution >= 0.6 is 23.2 Å². The Bertz CT molecular complexity index is 462. The van der Waals surface area contributed by atoms with Gasteiger partial charge in [-0.15, -0.1) is 11.6 Å². The summed E-state index contributed by atoms with van der Waals surface area (Å²) < 4.78 is 5.27. The van der Waals surface area contributed by atoms with Gasteiger partial charge in [-0.1, -0.05) is 18.2 Å². The van der Waals surface area contributed by atoms with Crippen molar-refractivity contribution in [2.75, 3.05) is 5.88 Å². The molecule has 0 aliphatic carbocycles. The summed E-state index contributed by atoms with van der Waals surface area (Å²) in [5.41, 5.74) is -1.28. The third-order valence-electron chi connectivity index (χ3n) is 2.78. The minimum Gasteiger partial charge on any atom is -0.458 e. The maximum atomic E-state index is 12.3. The van der Waals surface area contributed by atoms with Crippen molar-refractivity contribution in [2.24, 2.45) is 0 Å². The second kappa shape index (κ2) is 6.66. The topological polar surface area (TPSA) is 75.7 Å². The molecule has 0 aromatic carbocycles. The van der Waals surface area contributed by atoms with Crippen molar-refractivity contribution < 1.29 is 19.1 Å². The predicted molar refractivity (Wildman–Crippen MR) is 79.0 cm³/mol. The maximum Gasteiger partial charge on any atom is 0.333 e. The summed E-state index contributed by atoms with van der Waals surface area (Å²) in [4.78, 5) is 35.8. The smallest absolute Gasteiger partial charge is 0.333 e. The first-order chi connectivity index (χ1) is 9.64. The van der Waals surface area contributed by atoms with Crippen molar-refractivity contribution in [2.45, 2.75) is 44.0 Å². The van der Waals surface area contributed by atoms with Crippen LogP contribution in [0.2, 0.25) is 0 Å². The average Bonchev–Trinajstić information content (AvgIpc) is 2.38. The number of amides is 2. The van der Waals surface area contributed by atoms with Gasteiger partial charge in [-0.05, 0) is 26.3 Å². The number of alkyl halides is 2. The highest BCUT2D eigenvalue weighted by molar-refractivity contribution is 6.27. The van der Waals surface area contributed by atoms with Gasteiger partial charge in [0, 0.05) is 5.88 Å². The van der Waals surface area contributed by atoms with Crippen LogP contribution in [0.5, 0.6) is 0 Å². The Hall–Kier alpha value is -1.27. The SMILES string of the molecule is C=C(CCl)C(C(=O)OC(C)(C)C)N1C(=O)C(NC=O)C1Cl. The molecule has 118 valence electrons. The van der Waals surface area contributed by atoms with Gasteiger partial charge in [-0.25, -0.2) is 4.79 Å². The van der Waals surface area contributed by atoms with Crippen molar-refractivity contribution in [3.8, 4) is 0 Å². The van der Waals surface area contributed by atoms with E-state index >= 15 is 0 Å². The fraction of sp³-hybridized carbons (Fsp3) is 0.615. The molecule has 1 heterocycles. The van der Waals surface area contributed by atoms with Crippen LogP contribution in [-0.4, -0.2) is 52.3 Å². The molecule has 1 fully saturated rings.